The van der Waals surface area contributed by atoms with E-state index in [1.165, 1.54) is 52.3 Å². The average Bonchev–Trinajstić information content (AvgIpc) is 3.15. The van der Waals surface area contributed by atoms with E-state index in [2.05, 4.69) is 112 Å². The van der Waals surface area contributed by atoms with Crippen LogP contribution < -0.4 is 20.7 Å². The van der Waals surface area contributed by atoms with Crippen LogP contribution in [-0.4, -0.2) is 8.07 Å². The number of rotatable bonds is 8. The largest absolute Gasteiger partial charge is 0.181 e. The summed E-state index contributed by atoms with van der Waals surface area (Å²) in [7, 11) is -2.40. The molecule has 0 unspecified atom stereocenters. The van der Waals surface area contributed by atoms with E-state index in [0.717, 1.165) is 19.3 Å². The van der Waals surface area contributed by atoms with Gasteiger partial charge in [-0.25, -0.2) is 0 Å². The number of aryl methyl sites for hydroxylation is 3. The second-order valence-corrected chi connectivity index (χ2v) is 13.5. The Morgan fingerprint density at radius 2 is 1.03 bits per heavy atom. The van der Waals surface area contributed by atoms with Crippen LogP contribution in [0.2, 0.25) is 0 Å². The molecule has 0 nitrogen and oxygen atoms in total. The molecule has 4 aromatic rings. The van der Waals surface area contributed by atoms with Gasteiger partial charge in [0.25, 0.3) is 0 Å². The lowest BCUT2D eigenvalue weighted by Gasteiger charge is -2.33. The van der Waals surface area contributed by atoms with E-state index in [9.17, 15) is 0 Å². The van der Waals surface area contributed by atoms with Crippen LogP contribution in [0, 0.1) is 0 Å². The van der Waals surface area contributed by atoms with Gasteiger partial charge in [0.05, 0.1) is 0 Å². The fourth-order valence-electron chi connectivity index (χ4n) is 6.13. The molecule has 0 N–H and O–H groups in total. The fraction of sp³-hybridized carbons (Fsp3) is 0.273. The van der Waals surface area contributed by atoms with Gasteiger partial charge in [-0.05, 0) is 67.8 Å². The predicted octanol–water partition coefficient (Wildman–Crippen LogP) is 5.90. The van der Waals surface area contributed by atoms with Crippen molar-refractivity contribution in [2.75, 3.05) is 0 Å². The van der Waals surface area contributed by atoms with Gasteiger partial charge in [-0.15, -0.1) is 0 Å². The number of benzene rings is 4. The molecule has 0 atom stereocenters. The summed E-state index contributed by atoms with van der Waals surface area (Å²) < 4.78 is 0. The molecule has 1 aliphatic heterocycles. The molecule has 0 radical (unpaired) electrons. The van der Waals surface area contributed by atoms with Gasteiger partial charge in [0.15, 0.2) is 8.07 Å². The highest BCUT2D eigenvalue weighted by Crippen LogP contribution is 2.31. The van der Waals surface area contributed by atoms with Gasteiger partial charge < -0.3 is 0 Å². The Hall–Kier alpha value is -2.90. The Bertz CT molecular complexity index is 1230. The first kappa shape index (κ1) is 22.9. The minimum Gasteiger partial charge on any atom is -0.0651 e. The summed E-state index contributed by atoms with van der Waals surface area (Å²) >= 11 is 0. The molecule has 0 amide bonds. The Kier molecular flexibility index (Phi) is 6.56. The standard InChI is InChI=1S/C33H36Si/c1-4-12-25-19-21-32-29(23-25)30-24-26(13-5-2)20-22-33(30)34(32,28-16-8-7-9-17-28)31-18-11-10-15-27(31)14-6-3/h7-11,15-24H,4-6,12-14H2,1-3H3. The summed E-state index contributed by atoms with van der Waals surface area (Å²) in [6, 6.07) is 35.6. The van der Waals surface area contributed by atoms with Crippen molar-refractivity contribution in [1.82, 2.24) is 0 Å². The van der Waals surface area contributed by atoms with Crippen molar-refractivity contribution in [3.8, 4) is 11.1 Å². The lowest BCUT2D eigenvalue weighted by molar-refractivity contribution is 0.921. The molecule has 34 heavy (non-hydrogen) atoms. The summed E-state index contributed by atoms with van der Waals surface area (Å²) in [6.45, 7) is 6.87. The first-order valence-electron chi connectivity index (χ1n) is 13.1. The molecule has 0 spiro atoms. The minimum absolute atomic E-state index is 1.13. The van der Waals surface area contributed by atoms with E-state index in [1.807, 2.05) is 0 Å². The summed E-state index contributed by atoms with van der Waals surface area (Å²) in [6.07, 6.45) is 6.95. The summed E-state index contributed by atoms with van der Waals surface area (Å²) in [4.78, 5) is 0. The van der Waals surface area contributed by atoms with Crippen molar-refractivity contribution in [3.05, 3.63) is 108 Å². The molecule has 0 fully saturated rings. The molecule has 0 bridgehead atoms. The molecule has 1 heteroatoms. The maximum atomic E-state index is 2.52. The summed E-state index contributed by atoms with van der Waals surface area (Å²) in [5.41, 5.74) is 7.43. The molecule has 0 aliphatic carbocycles. The zero-order valence-electron chi connectivity index (χ0n) is 20.9. The van der Waals surface area contributed by atoms with Crippen molar-refractivity contribution < 1.29 is 0 Å². The highest BCUT2D eigenvalue weighted by molar-refractivity contribution is 7.22. The predicted molar refractivity (Wildman–Crippen MR) is 151 cm³/mol. The zero-order valence-corrected chi connectivity index (χ0v) is 21.9. The van der Waals surface area contributed by atoms with Crippen molar-refractivity contribution in [3.63, 3.8) is 0 Å². The van der Waals surface area contributed by atoms with Gasteiger partial charge >= 0.3 is 0 Å². The van der Waals surface area contributed by atoms with Gasteiger partial charge in [0.1, 0.15) is 0 Å². The van der Waals surface area contributed by atoms with Crippen LogP contribution in [-0.2, 0) is 19.3 Å². The molecule has 1 aliphatic rings. The first-order valence-corrected chi connectivity index (χ1v) is 15.1. The van der Waals surface area contributed by atoms with E-state index in [4.69, 9.17) is 0 Å². The van der Waals surface area contributed by atoms with Crippen LogP contribution in [0.4, 0.5) is 0 Å². The van der Waals surface area contributed by atoms with E-state index in [1.54, 1.807) is 15.6 Å². The molecule has 1 heterocycles. The smallest absolute Gasteiger partial charge is 0.0651 e. The summed E-state index contributed by atoms with van der Waals surface area (Å²) in [5, 5.41) is 6.23. The van der Waals surface area contributed by atoms with E-state index < -0.39 is 8.07 Å². The number of hydrogen-bond acceptors (Lipinski definition) is 0. The van der Waals surface area contributed by atoms with E-state index in [0.29, 0.717) is 0 Å². The van der Waals surface area contributed by atoms with Crippen LogP contribution in [0.25, 0.3) is 11.1 Å². The second kappa shape index (κ2) is 9.76. The van der Waals surface area contributed by atoms with Crippen LogP contribution in [0.5, 0.6) is 0 Å². The topological polar surface area (TPSA) is 0 Å². The van der Waals surface area contributed by atoms with Crippen molar-refractivity contribution in [2.24, 2.45) is 0 Å². The third-order valence-corrected chi connectivity index (χ3v) is 12.5. The van der Waals surface area contributed by atoms with Gasteiger partial charge in [0.2, 0.25) is 0 Å². The Morgan fingerprint density at radius 3 is 1.59 bits per heavy atom. The first-order chi connectivity index (χ1) is 16.7. The maximum absolute atomic E-state index is 2.52. The Morgan fingerprint density at radius 1 is 0.500 bits per heavy atom. The van der Waals surface area contributed by atoms with E-state index in [-0.39, 0.29) is 0 Å². The second-order valence-electron chi connectivity index (χ2n) is 9.78. The van der Waals surface area contributed by atoms with Gasteiger partial charge in [-0.2, -0.15) is 0 Å². The maximum Gasteiger partial charge on any atom is 0.181 e. The third-order valence-electron chi connectivity index (χ3n) is 7.49. The quantitative estimate of drug-likeness (QED) is 0.253. The van der Waals surface area contributed by atoms with Crippen molar-refractivity contribution >= 4 is 28.8 Å². The van der Waals surface area contributed by atoms with Crippen LogP contribution in [0.1, 0.15) is 56.7 Å². The molecular weight excluding hydrogens is 424 g/mol. The van der Waals surface area contributed by atoms with Gasteiger partial charge in [-0.3, -0.25) is 0 Å². The van der Waals surface area contributed by atoms with Gasteiger partial charge in [-0.1, -0.05) is 131 Å². The lowest BCUT2D eigenvalue weighted by atomic mass is 9.98. The molecule has 0 saturated heterocycles. The zero-order chi connectivity index (χ0) is 23.5. The monoisotopic (exact) mass is 460 g/mol. The fourth-order valence-corrected chi connectivity index (χ4v) is 11.6. The molecule has 0 saturated carbocycles. The normalized spacial score (nSPS) is 13.5. The van der Waals surface area contributed by atoms with Crippen LogP contribution >= 0.6 is 0 Å². The number of hydrogen-bond donors (Lipinski definition) is 0. The van der Waals surface area contributed by atoms with Crippen LogP contribution in [0.15, 0.2) is 91.0 Å². The van der Waals surface area contributed by atoms with Crippen LogP contribution in [0.3, 0.4) is 0 Å². The lowest BCUT2D eigenvalue weighted by Crippen LogP contribution is -2.73. The van der Waals surface area contributed by atoms with E-state index >= 15 is 0 Å². The van der Waals surface area contributed by atoms with Gasteiger partial charge in [0, 0.05) is 0 Å². The SMILES string of the molecule is CCCc1ccc2c(c1)-c1cc(CCC)ccc1[Si]2(c1ccccc1)c1ccccc1CCC. The Balaban J connectivity index is 1.90. The molecule has 5 rings (SSSR count). The number of fused-ring (bicyclic) bond motifs is 3. The molecule has 0 aromatic heterocycles. The average molecular weight is 461 g/mol. The summed E-state index contributed by atoms with van der Waals surface area (Å²) in [5.74, 6) is 0. The highest BCUT2D eigenvalue weighted by atomic mass is 28.3. The van der Waals surface area contributed by atoms with Crippen molar-refractivity contribution in [2.45, 2.75) is 59.3 Å². The highest BCUT2D eigenvalue weighted by Gasteiger charge is 2.49. The molecule has 172 valence electrons. The third kappa shape index (κ3) is 3.67. The Labute approximate surface area is 206 Å². The van der Waals surface area contributed by atoms with Crippen molar-refractivity contribution in [1.29, 1.82) is 0 Å². The minimum atomic E-state index is -2.40. The molecule has 4 aromatic carbocycles. The molecular formula is C33H36Si.